The first-order chi connectivity index (χ1) is 27.8. The standard InChI is InChI=1S/C48H63N3O6/c52-43(34-19-7-1-8-20-34)49(44(53)35-21-9-2-10-22-35)40-31-41(50(45(54)36-23-11-3-12-24-36)46(55)37-25-13-4-14-26-37)33-42(32-40)51(47(56)38-27-15-5-16-28-38)48(57)39-29-17-6-18-30-39/h1,7,11,23,27,31-37,39H,2-6,8-10,12-22,24-26,28-30H2. The van der Waals surface area contributed by atoms with E-state index in [4.69, 9.17) is 0 Å². The van der Waals surface area contributed by atoms with Crippen LogP contribution in [0.5, 0.6) is 0 Å². The molecule has 57 heavy (non-hydrogen) atoms. The Labute approximate surface area is 339 Å². The van der Waals surface area contributed by atoms with Crippen molar-refractivity contribution in [2.45, 2.75) is 161 Å². The smallest absolute Gasteiger partial charge is 0.260 e. The molecule has 2 atom stereocenters. The zero-order valence-corrected chi connectivity index (χ0v) is 34.0. The zero-order chi connectivity index (χ0) is 39.7. The number of rotatable bonds is 9. The Balaban J connectivity index is 1.43. The molecule has 9 heteroatoms. The van der Waals surface area contributed by atoms with Crippen LogP contribution in [0.1, 0.15) is 161 Å². The highest BCUT2D eigenvalue weighted by Gasteiger charge is 2.40. The minimum atomic E-state index is -0.511. The molecule has 0 N–H and O–H groups in total. The molecular formula is C48H63N3O6. The largest absolute Gasteiger partial charge is 0.274 e. The van der Waals surface area contributed by atoms with Crippen LogP contribution in [0.3, 0.4) is 0 Å². The van der Waals surface area contributed by atoms with Gasteiger partial charge in [-0.2, -0.15) is 0 Å². The number of anilines is 3. The van der Waals surface area contributed by atoms with E-state index in [0.29, 0.717) is 69.8 Å². The second kappa shape index (κ2) is 19.5. The predicted molar refractivity (Wildman–Crippen MR) is 223 cm³/mol. The van der Waals surface area contributed by atoms with Crippen molar-refractivity contribution in [2.24, 2.45) is 29.6 Å². The Bertz CT molecular complexity index is 1760. The average Bonchev–Trinajstić information content (AvgIpc) is 3.28. The first-order valence-corrected chi connectivity index (χ1v) is 22.6. The van der Waals surface area contributed by atoms with Crippen LogP contribution in [0.4, 0.5) is 17.1 Å². The molecule has 0 bridgehead atoms. The fraction of sp³-hybridized carbons (Fsp3) is 0.625. The van der Waals surface area contributed by atoms with Crippen LogP contribution < -0.4 is 14.7 Å². The van der Waals surface area contributed by atoms with Gasteiger partial charge in [-0.05, 0) is 121 Å². The Morgan fingerprint density at radius 2 is 0.930 bits per heavy atom. The number of allylic oxidation sites excluding steroid dienone is 4. The summed E-state index contributed by atoms with van der Waals surface area (Å²) >= 11 is 0. The third-order valence-electron chi connectivity index (χ3n) is 13.6. The molecule has 0 spiro atoms. The van der Waals surface area contributed by atoms with Gasteiger partial charge in [0.25, 0.3) is 5.91 Å². The fourth-order valence-electron chi connectivity index (χ4n) is 10.2. The van der Waals surface area contributed by atoms with Gasteiger partial charge in [0.05, 0.1) is 23.0 Å². The van der Waals surface area contributed by atoms with Gasteiger partial charge in [-0.1, -0.05) is 88.2 Å². The normalized spacial score (nSPS) is 23.6. The molecule has 0 heterocycles. The molecule has 9 nitrogen and oxygen atoms in total. The SMILES string of the molecule is O=C(C1=CCCCC1)N(C(=O)C1CCCCC1)c1cc(N(C(=O)C2C=CCCC2)C(=O)C2CCCCC2)cc(N(C(=O)C2CC=CCC2)C(=O)C2CCCCC2)c1. The molecule has 3 fully saturated rings. The number of carbonyl (C=O) groups is 6. The highest BCUT2D eigenvalue weighted by atomic mass is 16.2. The minimum Gasteiger partial charge on any atom is -0.274 e. The molecule has 1 aromatic rings. The second-order valence-electron chi connectivity index (χ2n) is 17.6. The van der Waals surface area contributed by atoms with E-state index in [0.717, 1.165) is 96.3 Å². The maximum absolute atomic E-state index is 14.8. The Hall–Kier alpha value is -4.14. The van der Waals surface area contributed by atoms with Gasteiger partial charge in [-0.15, -0.1) is 0 Å². The van der Waals surface area contributed by atoms with E-state index in [2.05, 4.69) is 6.08 Å². The van der Waals surface area contributed by atoms with Crippen molar-refractivity contribution in [1.82, 2.24) is 0 Å². The predicted octanol–water partition coefficient (Wildman–Crippen LogP) is 10.2. The summed E-state index contributed by atoms with van der Waals surface area (Å²) in [4.78, 5) is 92.9. The summed E-state index contributed by atoms with van der Waals surface area (Å²) in [7, 11) is 0. The molecule has 3 saturated carbocycles. The van der Waals surface area contributed by atoms with Gasteiger partial charge in [0, 0.05) is 29.2 Å². The van der Waals surface area contributed by atoms with Gasteiger partial charge in [-0.3, -0.25) is 28.8 Å². The van der Waals surface area contributed by atoms with E-state index >= 15 is 0 Å². The molecule has 0 radical (unpaired) electrons. The van der Waals surface area contributed by atoms with Crippen molar-refractivity contribution in [3.63, 3.8) is 0 Å². The number of hydrogen-bond acceptors (Lipinski definition) is 6. The lowest BCUT2D eigenvalue weighted by Gasteiger charge is -2.35. The summed E-state index contributed by atoms with van der Waals surface area (Å²) in [5.41, 5.74) is 1.22. The van der Waals surface area contributed by atoms with Crippen LogP contribution in [0.25, 0.3) is 0 Å². The van der Waals surface area contributed by atoms with Crippen LogP contribution in [0.15, 0.2) is 54.2 Å². The number of benzene rings is 1. The van der Waals surface area contributed by atoms with Crippen LogP contribution in [-0.4, -0.2) is 35.4 Å². The molecular weight excluding hydrogens is 715 g/mol. The van der Waals surface area contributed by atoms with Crippen molar-refractivity contribution in [3.05, 3.63) is 54.2 Å². The molecule has 2 unspecified atom stereocenters. The van der Waals surface area contributed by atoms with Gasteiger partial charge in [-0.25, -0.2) is 14.7 Å². The van der Waals surface area contributed by atoms with Gasteiger partial charge in [0.15, 0.2) is 0 Å². The first kappa shape index (κ1) is 41.0. The van der Waals surface area contributed by atoms with E-state index < -0.39 is 17.7 Å². The van der Waals surface area contributed by atoms with E-state index in [1.165, 1.54) is 14.7 Å². The van der Waals surface area contributed by atoms with Crippen LogP contribution in [0, 0.1) is 29.6 Å². The lowest BCUT2D eigenvalue weighted by molar-refractivity contribution is -0.132. The third kappa shape index (κ3) is 9.60. The maximum Gasteiger partial charge on any atom is 0.260 e. The number of imide groups is 3. The Morgan fingerprint density at radius 3 is 1.40 bits per heavy atom. The molecule has 306 valence electrons. The lowest BCUT2D eigenvalue weighted by atomic mass is 9.86. The minimum absolute atomic E-state index is 0.209. The summed E-state index contributed by atoms with van der Waals surface area (Å²) in [5.74, 6) is -3.91. The molecule has 0 aromatic heterocycles. The molecule has 0 aliphatic heterocycles. The number of nitrogens with zero attached hydrogens (tertiary/aromatic N) is 3. The second-order valence-corrected chi connectivity index (χ2v) is 17.6. The monoisotopic (exact) mass is 777 g/mol. The summed E-state index contributed by atoms with van der Waals surface area (Å²) in [6, 6.07) is 4.95. The molecule has 0 saturated heterocycles. The molecule has 7 rings (SSSR count). The highest BCUT2D eigenvalue weighted by molar-refractivity contribution is 6.24. The number of hydrogen-bond donors (Lipinski definition) is 0. The van der Waals surface area contributed by atoms with Crippen LogP contribution >= 0.6 is 0 Å². The molecule has 6 aliphatic rings. The zero-order valence-electron chi connectivity index (χ0n) is 34.0. The van der Waals surface area contributed by atoms with Gasteiger partial charge in [0.1, 0.15) is 0 Å². The van der Waals surface area contributed by atoms with Crippen molar-refractivity contribution < 1.29 is 28.8 Å². The summed E-state index contributed by atoms with van der Waals surface area (Å²) in [6.45, 7) is 0. The first-order valence-electron chi connectivity index (χ1n) is 22.6. The number of amides is 6. The van der Waals surface area contributed by atoms with E-state index in [9.17, 15) is 28.8 Å². The Kier molecular flexibility index (Phi) is 14.1. The molecule has 6 amide bonds. The summed E-state index contributed by atoms with van der Waals surface area (Å²) < 4.78 is 0. The molecule has 1 aromatic carbocycles. The van der Waals surface area contributed by atoms with E-state index in [-0.39, 0.29) is 64.4 Å². The number of carbonyl (C=O) groups excluding carboxylic acids is 6. The quantitative estimate of drug-likeness (QED) is 0.182. The van der Waals surface area contributed by atoms with Crippen LogP contribution in [-0.2, 0) is 28.8 Å². The summed E-state index contributed by atoms with van der Waals surface area (Å²) in [6.07, 6.45) is 29.7. The van der Waals surface area contributed by atoms with Crippen LogP contribution in [0.2, 0.25) is 0 Å². The maximum atomic E-state index is 14.8. The van der Waals surface area contributed by atoms with Crippen molar-refractivity contribution in [1.29, 1.82) is 0 Å². The van der Waals surface area contributed by atoms with Crippen molar-refractivity contribution in [3.8, 4) is 0 Å². The fourth-order valence-corrected chi connectivity index (χ4v) is 10.2. The third-order valence-corrected chi connectivity index (χ3v) is 13.6. The van der Waals surface area contributed by atoms with Crippen molar-refractivity contribution in [2.75, 3.05) is 14.7 Å². The lowest BCUT2D eigenvalue weighted by Crippen LogP contribution is -2.47. The molecule has 6 aliphatic carbocycles. The topological polar surface area (TPSA) is 112 Å². The van der Waals surface area contributed by atoms with E-state index in [1.54, 1.807) is 18.2 Å². The highest BCUT2D eigenvalue weighted by Crippen LogP contribution is 2.40. The Morgan fingerprint density at radius 1 is 0.421 bits per heavy atom. The summed E-state index contributed by atoms with van der Waals surface area (Å²) in [5, 5.41) is 0. The van der Waals surface area contributed by atoms with E-state index in [1.807, 2.05) is 24.3 Å². The van der Waals surface area contributed by atoms with Gasteiger partial charge >= 0.3 is 0 Å². The van der Waals surface area contributed by atoms with Gasteiger partial charge < -0.3 is 0 Å². The van der Waals surface area contributed by atoms with Gasteiger partial charge in [0.2, 0.25) is 29.5 Å². The van der Waals surface area contributed by atoms with Crippen molar-refractivity contribution >= 4 is 52.5 Å². The average molecular weight is 778 g/mol.